The number of carbonyl (C=O) groups excluding carboxylic acids is 2. The van der Waals surface area contributed by atoms with Gasteiger partial charge in [0.25, 0.3) is 0 Å². The van der Waals surface area contributed by atoms with Crippen molar-refractivity contribution in [1.29, 1.82) is 0 Å². The lowest BCUT2D eigenvalue weighted by Crippen LogP contribution is -2.29. The van der Waals surface area contributed by atoms with Gasteiger partial charge < -0.3 is 20.1 Å². The first-order chi connectivity index (χ1) is 26.8. The van der Waals surface area contributed by atoms with Crippen LogP contribution in [-0.2, 0) is 32.7 Å². The van der Waals surface area contributed by atoms with Crippen LogP contribution in [0.1, 0.15) is 168 Å². The van der Waals surface area contributed by atoms with Crippen LogP contribution < -0.4 is 5.73 Å². The SMILES string of the molecule is CCCCC/C=C/C/C=C/C/C=C/C/C=C/C/C=C/CCC(=O)OC[C@H](COP(=O)(O)OCCN)OC(=O)CCCCCCC/C=C/CCCCCCCC. The van der Waals surface area contributed by atoms with Crippen LogP contribution in [0.3, 0.4) is 0 Å². The molecule has 0 amide bonds. The molecule has 0 aliphatic heterocycles. The minimum atomic E-state index is -4.40. The molecule has 0 aromatic carbocycles. The Kier molecular flexibility index (Phi) is 39.2. The van der Waals surface area contributed by atoms with Crippen LogP contribution in [-0.4, -0.2) is 49.3 Å². The average Bonchev–Trinajstić information content (AvgIpc) is 3.17. The molecular weight excluding hydrogens is 713 g/mol. The lowest BCUT2D eigenvalue weighted by Gasteiger charge is -2.19. The smallest absolute Gasteiger partial charge is 0.462 e. The lowest BCUT2D eigenvalue weighted by molar-refractivity contribution is -0.161. The van der Waals surface area contributed by atoms with E-state index in [0.717, 1.165) is 57.8 Å². The van der Waals surface area contributed by atoms with Gasteiger partial charge >= 0.3 is 19.8 Å². The van der Waals surface area contributed by atoms with Crippen LogP contribution in [0.15, 0.2) is 72.9 Å². The minimum Gasteiger partial charge on any atom is -0.462 e. The topological polar surface area (TPSA) is 134 Å². The maximum absolute atomic E-state index is 12.6. The normalized spacial score (nSPS) is 14.0. The Morgan fingerprint density at radius 1 is 0.545 bits per heavy atom. The number of hydrogen-bond acceptors (Lipinski definition) is 8. The zero-order valence-electron chi connectivity index (χ0n) is 34.6. The molecule has 0 saturated heterocycles. The third kappa shape index (κ3) is 40.9. The number of unbranched alkanes of at least 4 members (excludes halogenated alkanes) is 14. The fraction of sp³-hybridized carbons (Fsp3) is 0.689. The Morgan fingerprint density at radius 3 is 1.53 bits per heavy atom. The minimum absolute atomic E-state index is 0.0396. The van der Waals surface area contributed by atoms with Crippen LogP contribution in [0.25, 0.3) is 0 Å². The number of esters is 2. The van der Waals surface area contributed by atoms with Crippen molar-refractivity contribution in [2.75, 3.05) is 26.4 Å². The summed E-state index contributed by atoms with van der Waals surface area (Å²) in [6.07, 6.45) is 49.4. The maximum atomic E-state index is 12.6. The molecule has 0 bridgehead atoms. The Hall–Kier alpha value is -2.55. The summed E-state index contributed by atoms with van der Waals surface area (Å²) in [6, 6.07) is 0. The Morgan fingerprint density at radius 2 is 0.982 bits per heavy atom. The van der Waals surface area contributed by atoms with Gasteiger partial charge in [-0.15, -0.1) is 0 Å². The molecule has 0 radical (unpaired) electrons. The molecule has 0 heterocycles. The molecule has 0 aromatic rings. The molecule has 0 spiro atoms. The predicted molar refractivity (Wildman–Crippen MR) is 229 cm³/mol. The van der Waals surface area contributed by atoms with Gasteiger partial charge in [0.05, 0.1) is 13.2 Å². The third-order valence-electron chi connectivity index (χ3n) is 8.58. The number of ether oxygens (including phenoxy) is 2. The summed E-state index contributed by atoms with van der Waals surface area (Å²) in [6.45, 7) is 3.59. The van der Waals surface area contributed by atoms with Crippen molar-refractivity contribution in [2.24, 2.45) is 5.73 Å². The second-order valence-electron chi connectivity index (χ2n) is 13.8. The first-order valence-electron chi connectivity index (χ1n) is 21.4. The number of rotatable bonds is 39. The predicted octanol–water partition coefficient (Wildman–Crippen LogP) is 12.3. The quantitative estimate of drug-likeness (QED) is 0.0270. The monoisotopic (exact) mass is 792 g/mol. The number of allylic oxidation sites excluding steroid dienone is 12. The van der Waals surface area contributed by atoms with Crippen LogP contribution in [0.4, 0.5) is 0 Å². The number of hydrogen-bond donors (Lipinski definition) is 2. The molecule has 0 aromatic heterocycles. The largest absolute Gasteiger partial charge is 0.472 e. The van der Waals surface area contributed by atoms with E-state index in [1.807, 2.05) is 12.2 Å². The molecule has 316 valence electrons. The van der Waals surface area contributed by atoms with Crippen LogP contribution in [0.5, 0.6) is 0 Å². The summed E-state index contributed by atoms with van der Waals surface area (Å²) in [5.41, 5.74) is 5.34. The van der Waals surface area contributed by atoms with E-state index in [-0.39, 0.29) is 32.6 Å². The van der Waals surface area contributed by atoms with Crippen LogP contribution >= 0.6 is 7.82 Å². The van der Waals surface area contributed by atoms with Crippen molar-refractivity contribution in [1.82, 2.24) is 0 Å². The van der Waals surface area contributed by atoms with Crippen molar-refractivity contribution < 1.29 is 37.6 Å². The van der Waals surface area contributed by atoms with E-state index in [0.29, 0.717) is 12.8 Å². The van der Waals surface area contributed by atoms with Gasteiger partial charge in [0, 0.05) is 19.4 Å². The number of phosphoric acid groups is 1. The average molecular weight is 792 g/mol. The first kappa shape index (κ1) is 52.5. The van der Waals surface area contributed by atoms with Crippen molar-refractivity contribution in [3.63, 3.8) is 0 Å². The van der Waals surface area contributed by atoms with Gasteiger partial charge in [-0.05, 0) is 77.0 Å². The molecule has 9 nitrogen and oxygen atoms in total. The van der Waals surface area contributed by atoms with Crippen molar-refractivity contribution in [2.45, 2.75) is 174 Å². The highest BCUT2D eigenvalue weighted by Gasteiger charge is 2.25. The molecule has 55 heavy (non-hydrogen) atoms. The van der Waals surface area contributed by atoms with E-state index in [2.05, 4.69) is 74.6 Å². The fourth-order valence-electron chi connectivity index (χ4n) is 5.37. The van der Waals surface area contributed by atoms with Crippen molar-refractivity contribution in [3.05, 3.63) is 72.9 Å². The molecule has 1 unspecified atom stereocenters. The summed E-state index contributed by atoms with van der Waals surface area (Å²) in [5.74, 6) is -0.940. The van der Waals surface area contributed by atoms with Crippen LogP contribution in [0.2, 0.25) is 0 Å². The fourth-order valence-corrected chi connectivity index (χ4v) is 6.14. The van der Waals surface area contributed by atoms with E-state index >= 15 is 0 Å². The molecule has 2 atom stereocenters. The molecular formula is C45H78NO8P. The van der Waals surface area contributed by atoms with Gasteiger partial charge in [-0.3, -0.25) is 18.6 Å². The summed E-state index contributed by atoms with van der Waals surface area (Å²) in [7, 11) is -4.40. The van der Waals surface area contributed by atoms with E-state index in [1.165, 1.54) is 70.6 Å². The highest BCUT2D eigenvalue weighted by atomic mass is 31.2. The maximum Gasteiger partial charge on any atom is 0.472 e. The molecule has 0 saturated carbocycles. The molecule has 0 fully saturated rings. The Bertz CT molecular complexity index is 1130. The second kappa shape index (κ2) is 41.1. The van der Waals surface area contributed by atoms with Crippen LogP contribution in [0, 0.1) is 0 Å². The Balaban J connectivity index is 4.31. The number of carbonyl (C=O) groups is 2. The molecule has 3 N–H and O–H groups in total. The van der Waals surface area contributed by atoms with Gasteiger partial charge in [-0.2, -0.15) is 0 Å². The molecule has 0 aliphatic rings. The molecule has 10 heteroatoms. The standard InChI is InChI=1S/C45H78NO8P/c1-3-5-7-9-11-13-15-17-19-20-21-22-24-25-27-29-31-33-35-37-44(47)51-41-43(42-53-55(49,50)52-40-39-46)54-45(48)38-36-34-32-30-28-26-23-18-16-14-12-10-8-6-4-2/h11,13,17-19,21-23,25,27,31,33,43H,3-10,12,14-16,20,24,26,28-30,32,34-42,46H2,1-2H3,(H,49,50)/b13-11+,19-17+,22-21+,23-18+,27-25+,33-31+/t43-/m1/s1. The molecule has 0 rings (SSSR count). The van der Waals surface area contributed by atoms with E-state index in [1.54, 1.807) is 0 Å². The third-order valence-corrected chi connectivity index (χ3v) is 9.56. The van der Waals surface area contributed by atoms with Gasteiger partial charge in [0.15, 0.2) is 6.10 Å². The summed E-state index contributed by atoms with van der Waals surface area (Å²) >= 11 is 0. The van der Waals surface area contributed by atoms with E-state index in [4.69, 9.17) is 24.3 Å². The van der Waals surface area contributed by atoms with Gasteiger partial charge in [-0.25, -0.2) is 4.57 Å². The Labute approximate surface area is 335 Å². The highest BCUT2D eigenvalue weighted by molar-refractivity contribution is 7.47. The summed E-state index contributed by atoms with van der Waals surface area (Å²) in [4.78, 5) is 34.8. The summed E-state index contributed by atoms with van der Waals surface area (Å²) in [5, 5.41) is 0. The first-order valence-corrected chi connectivity index (χ1v) is 22.9. The lowest BCUT2D eigenvalue weighted by atomic mass is 10.1. The zero-order valence-corrected chi connectivity index (χ0v) is 35.5. The number of phosphoric ester groups is 1. The van der Waals surface area contributed by atoms with Gasteiger partial charge in [0.1, 0.15) is 6.61 Å². The van der Waals surface area contributed by atoms with E-state index in [9.17, 15) is 19.0 Å². The summed E-state index contributed by atoms with van der Waals surface area (Å²) < 4.78 is 32.7. The van der Waals surface area contributed by atoms with Gasteiger partial charge in [0.2, 0.25) is 0 Å². The van der Waals surface area contributed by atoms with Gasteiger partial charge in [-0.1, -0.05) is 151 Å². The van der Waals surface area contributed by atoms with Crippen molar-refractivity contribution >= 4 is 19.8 Å². The second-order valence-corrected chi connectivity index (χ2v) is 15.3. The number of nitrogens with two attached hydrogens (primary N) is 1. The van der Waals surface area contributed by atoms with E-state index < -0.39 is 32.5 Å². The highest BCUT2D eigenvalue weighted by Crippen LogP contribution is 2.43. The molecule has 0 aliphatic carbocycles. The zero-order chi connectivity index (χ0) is 40.3. The van der Waals surface area contributed by atoms with Crippen molar-refractivity contribution in [3.8, 4) is 0 Å².